The van der Waals surface area contributed by atoms with E-state index in [1.54, 1.807) is 12.2 Å². The highest BCUT2D eigenvalue weighted by Gasteiger charge is 2.33. The molecule has 11 heteroatoms. The van der Waals surface area contributed by atoms with Crippen LogP contribution >= 0.6 is 35.7 Å². The summed E-state index contributed by atoms with van der Waals surface area (Å²) < 4.78 is 0.284. The van der Waals surface area contributed by atoms with Gasteiger partial charge in [-0.2, -0.15) is 0 Å². The zero-order valence-corrected chi connectivity index (χ0v) is 20.1. The van der Waals surface area contributed by atoms with Crippen LogP contribution in [0.15, 0.2) is 76.8 Å². The molecule has 3 aromatic rings. The van der Waals surface area contributed by atoms with Gasteiger partial charge in [0.2, 0.25) is 5.91 Å². The highest BCUT2D eigenvalue weighted by molar-refractivity contribution is 8.26. The van der Waals surface area contributed by atoms with E-state index >= 15 is 0 Å². The third kappa shape index (κ3) is 6.13. The fourth-order valence-electron chi connectivity index (χ4n) is 2.95. The van der Waals surface area contributed by atoms with Crippen LogP contribution in [0.25, 0.3) is 17.1 Å². The van der Waals surface area contributed by atoms with Gasteiger partial charge in [0.15, 0.2) is 5.16 Å². The van der Waals surface area contributed by atoms with E-state index in [0.717, 1.165) is 28.4 Å². The largest absolute Gasteiger partial charge is 0.333 e. The Balaban J connectivity index is 1.23. The number of hydrogen-bond acceptors (Lipinski definition) is 7. The fraction of sp³-hybridized carbons (Fsp3) is 0.0870. The summed E-state index contributed by atoms with van der Waals surface area (Å²) in [6.45, 7) is -0.290. The molecule has 0 unspecified atom stereocenters. The number of imidazole rings is 1. The molecule has 1 aliphatic heterocycles. The second-order valence-electron chi connectivity index (χ2n) is 7.00. The van der Waals surface area contributed by atoms with Crippen LogP contribution in [0, 0.1) is 0 Å². The minimum Gasteiger partial charge on any atom is -0.333 e. The first-order valence-electron chi connectivity index (χ1n) is 10.1. The SMILES string of the molecule is O=C(CSc1nc2ccccc2[nH]1)NNC(=O)CN1C(=O)/C(=C/C=C/c2ccccc2)SC1=S. The normalized spacial score (nSPS) is 14.9. The van der Waals surface area contributed by atoms with Crippen molar-refractivity contribution in [2.45, 2.75) is 5.16 Å². The number of fused-ring (bicyclic) bond motifs is 1. The maximum atomic E-state index is 12.6. The van der Waals surface area contributed by atoms with Crippen LogP contribution in [-0.2, 0) is 14.4 Å². The lowest BCUT2D eigenvalue weighted by molar-refractivity contribution is -0.131. The highest BCUT2D eigenvalue weighted by Crippen LogP contribution is 2.30. The summed E-state index contributed by atoms with van der Waals surface area (Å²) in [7, 11) is 0. The Morgan fingerprint density at radius 1 is 1.09 bits per heavy atom. The second kappa shape index (κ2) is 11.1. The fourth-order valence-corrected chi connectivity index (χ4v) is 4.84. The van der Waals surface area contributed by atoms with Gasteiger partial charge in [-0.3, -0.25) is 30.1 Å². The summed E-state index contributed by atoms with van der Waals surface area (Å²) in [5.74, 6) is -1.26. The third-order valence-corrected chi connectivity index (χ3v) is 6.83. The maximum Gasteiger partial charge on any atom is 0.266 e. The Morgan fingerprint density at radius 3 is 2.62 bits per heavy atom. The molecule has 1 aromatic heterocycles. The zero-order valence-electron chi connectivity index (χ0n) is 17.7. The molecule has 0 aliphatic carbocycles. The van der Waals surface area contributed by atoms with Gasteiger partial charge in [0.1, 0.15) is 10.9 Å². The van der Waals surface area contributed by atoms with Crippen molar-refractivity contribution in [3.05, 3.63) is 77.2 Å². The molecule has 3 N–H and O–H groups in total. The van der Waals surface area contributed by atoms with E-state index in [4.69, 9.17) is 12.2 Å². The molecule has 2 aromatic carbocycles. The summed E-state index contributed by atoms with van der Waals surface area (Å²) >= 11 is 7.58. The number of nitrogens with zero attached hydrogens (tertiary/aromatic N) is 2. The molecule has 1 fully saturated rings. The van der Waals surface area contributed by atoms with Gasteiger partial charge < -0.3 is 4.98 Å². The van der Waals surface area contributed by atoms with Crippen molar-refractivity contribution >= 4 is 74.9 Å². The van der Waals surface area contributed by atoms with E-state index in [1.807, 2.05) is 60.7 Å². The average molecular weight is 510 g/mol. The van der Waals surface area contributed by atoms with Crippen molar-refractivity contribution in [2.24, 2.45) is 0 Å². The van der Waals surface area contributed by atoms with Crippen LogP contribution in [-0.4, -0.2) is 49.2 Å². The number of aromatic amines is 1. The Kier molecular flexibility index (Phi) is 7.78. The van der Waals surface area contributed by atoms with Crippen LogP contribution in [0.4, 0.5) is 0 Å². The smallest absolute Gasteiger partial charge is 0.266 e. The molecule has 172 valence electrons. The van der Waals surface area contributed by atoms with Gasteiger partial charge in [-0.25, -0.2) is 4.98 Å². The molecule has 3 amide bonds. The van der Waals surface area contributed by atoms with Gasteiger partial charge in [-0.05, 0) is 23.8 Å². The number of rotatable bonds is 7. The number of thioether (sulfide) groups is 2. The Morgan fingerprint density at radius 2 is 1.82 bits per heavy atom. The minimum absolute atomic E-state index is 0.0532. The molecule has 0 spiro atoms. The lowest BCUT2D eigenvalue weighted by atomic mass is 10.2. The van der Waals surface area contributed by atoms with E-state index in [9.17, 15) is 14.4 Å². The number of nitrogens with one attached hydrogen (secondary N) is 3. The van der Waals surface area contributed by atoms with Crippen molar-refractivity contribution in [3.63, 3.8) is 0 Å². The summed E-state index contributed by atoms with van der Waals surface area (Å²) in [6.07, 6.45) is 5.31. The van der Waals surface area contributed by atoms with Gasteiger partial charge in [0, 0.05) is 0 Å². The molecule has 4 rings (SSSR count). The first-order chi connectivity index (χ1) is 16.5. The standard InChI is InChI=1S/C23H19N5O3S3/c29-19(26-27-20(30)14-33-22-24-16-10-4-5-11-17(16)25-22)13-28-21(31)18(34-23(28)32)12-6-9-15-7-2-1-3-8-15/h1-12H,13-14H2,(H,24,25)(H,26,29)(H,27,30)/b9-6+,18-12-. The predicted molar refractivity (Wildman–Crippen MR) is 139 cm³/mol. The molecular weight excluding hydrogens is 490 g/mol. The van der Waals surface area contributed by atoms with Crippen LogP contribution in [0.1, 0.15) is 5.56 Å². The number of amides is 3. The van der Waals surface area contributed by atoms with Gasteiger partial charge in [0.05, 0.1) is 21.7 Å². The Labute approximate surface area is 209 Å². The molecule has 34 heavy (non-hydrogen) atoms. The number of benzene rings is 2. The summed E-state index contributed by atoms with van der Waals surface area (Å²) in [6, 6.07) is 17.2. The third-order valence-electron chi connectivity index (χ3n) is 4.56. The van der Waals surface area contributed by atoms with Crippen LogP contribution in [0.3, 0.4) is 0 Å². The number of hydrogen-bond donors (Lipinski definition) is 3. The summed E-state index contributed by atoms with van der Waals surface area (Å²) in [5.41, 5.74) is 7.35. The predicted octanol–water partition coefficient (Wildman–Crippen LogP) is 3.26. The monoisotopic (exact) mass is 509 g/mol. The lowest BCUT2D eigenvalue weighted by Crippen LogP contribution is -2.47. The second-order valence-corrected chi connectivity index (χ2v) is 9.64. The van der Waals surface area contributed by atoms with Crippen LogP contribution < -0.4 is 10.9 Å². The van der Waals surface area contributed by atoms with Gasteiger partial charge in [0.25, 0.3) is 11.8 Å². The lowest BCUT2D eigenvalue weighted by Gasteiger charge is -2.14. The van der Waals surface area contributed by atoms with Gasteiger partial charge >= 0.3 is 0 Å². The Bertz CT molecular complexity index is 1270. The molecule has 1 aliphatic rings. The van der Waals surface area contributed by atoms with E-state index in [-0.39, 0.29) is 22.5 Å². The van der Waals surface area contributed by atoms with Crippen molar-refractivity contribution < 1.29 is 14.4 Å². The zero-order chi connectivity index (χ0) is 23.9. The summed E-state index contributed by atoms with van der Waals surface area (Å²) in [4.78, 5) is 46.0. The number of carbonyl (C=O) groups excluding carboxylic acids is 3. The average Bonchev–Trinajstić information content (AvgIpc) is 3.38. The van der Waals surface area contributed by atoms with Crippen LogP contribution in [0.5, 0.6) is 0 Å². The maximum absolute atomic E-state index is 12.6. The molecule has 0 bridgehead atoms. The first-order valence-corrected chi connectivity index (χ1v) is 12.3. The number of carbonyl (C=O) groups is 3. The number of para-hydroxylation sites is 2. The molecule has 0 radical (unpaired) electrons. The molecule has 2 heterocycles. The minimum atomic E-state index is -0.556. The number of H-pyrrole nitrogens is 1. The first kappa shape index (κ1) is 23.7. The van der Waals surface area contributed by atoms with Crippen molar-refractivity contribution in [1.82, 2.24) is 25.7 Å². The van der Waals surface area contributed by atoms with Gasteiger partial charge in [-0.15, -0.1) is 0 Å². The molecule has 8 nitrogen and oxygen atoms in total. The van der Waals surface area contributed by atoms with Crippen molar-refractivity contribution in [2.75, 3.05) is 12.3 Å². The topological polar surface area (TPSA) is 107 Å². The number of hydrazine groups is 1. The van der Waals surface area contributed by atoms with Crippen LogP contribution in [0.2, 0.25) is 0 Å². The Hall–Kier alpha value is -3.41. The number of allylic oxidation sites excluding steroid dienone is 2. The molecular formula is C23H19N5O3S3. The van der Waals surface area contributed by atoms with Gasteiger partial charge in [-0.1, -0.05) is 90.4 Å². The van der Waals surface area contributed by atoms with E-state index in [1.165, 1.54) is 16.7 Å². The molecule has 0 atom stereocenters. The van der Waals surface area contributed by atoms with Crippen molar-refractivity contribution in [3.8, 4) is 0 Å². The highest BCUT2D eigenvalue weighted by atomic mass is 32.2. The summed E-state index contributed by atoms with van der Waals surface area (Å²) in [5, 5.41) is 0.605. The molecule has 1 saturated heterocycles. The van der Waals surface area contributed by atoms with E-state index in [0.29, 0.717) is 10.1 Å². The van der Waals surface area contributed by atoms with Crippen molar-refractivity contribution in [1.29, 1.82) is 0 Å². The van der Waals surface area contributed by atoms with E-state index < -0.39 is 11.8 Å². The number of thiocarbonyl (C=S) groups is 1. The number of aromatic nitrogens is 2. The molecule has 0 saturated carbocycles. The van der Waals surface area contributed by atoms with E-state index in [2.05, 4.69) is 20.8 Å². The quantitative estimate of drug-likeness (QED) is 0.194.